The molecule has 1 aromatic heterocycles. The lowest BCUT2D eigenvalue weighted by Crippen LogP contribution is -1.91. The molecule has 1 heterocycles. The Morgan fingerprint density at radius 2 is 2.05 bits per heavy atom. The maximum atomic E-state index is 13.3. The Kier molecular flexibility index (Phi) is 3.94. The molecule has 0 unspecified atom stereocenters. The maximum absolute atomic E-state index is 13.3. The van der Waals surface area contributed by atoms with Crippen LogP contribution in [0.15, 0.2) is 24.3 Å². The number of rotatable bonds is 3. The summed E-state index contributed by atoms with van der Waals surface area (Å²) in [4.78, 5) is 15.6. The number of hydrogen-bond donors (Lipinski definition) is 1. The van der Waals surface area contributed by atoms with Crippen molar-refractivity contribution >= 4 is 22.9 Å². The van der Waals surface area contributed by atoms with E-state index in [0.717, 1.165) is 23.2 Å². The van der Waals surface area contributed by atoms with Crippen LogP contribution in [-0.2, 0) is 4.79 Å². The normalized spacial score (nSPS) is 11.7. The van der Waals surface area contributed by atoms with Gasteiger partial charge >= 0.3 is 5.97 Å². The van der Waals surface area contributed by atoms with Crippen LogP contribution in [0.3, 0.4) is 0 Å². The van der Waals surface area contributed by atoms with Crippen LogP contribution in [0.5, 0.6) is 0 Å². The zero-order valence-corrected chi connectivity index (χ0v) is 11.6. The minimum absolute atomic E-state index is 0.418. The second kappa shape index (κ2) is 5.50. The molecule has 0 aliphatic heterocycles. The first-order valence-corrected chi connectivity index (χ1v) is 6.54. The lowest BCUT2D eigenvalue weighted by Gasteiger charge is -2.03. The lowest BCUT2D eigenvalue weighted by molar-refractivity contribution is -0.131. The number of carboxylic acids is 1. The Bertz CT molecular complexity index is 707. The topological polar surface area (TPSA) is 50.2 Å². The summed E-state index contributed by atoms with van der Waals surface area (Å²) in [6.45, 7) is 3.41. The quantitative estimate of drug-likeness (QED) is 0.874. The highest BCUT2D eigenvalue weighted by atomic mass is 32.1. The zero-order valence-electron chi connectivity index (χ0n) is 10.8. The molecule has 0 bridgehead atoms. The average molecular weight is 295 g/mol. The first-order chi connectivity index (χ1) is 9.38. The van der Waals surface area contributed by atoms with Gasteiger partial charge in [-0.25, -0.2) is 18.6 Å². The number of benzene rings is 1. The van der Waals surface area contributed by atoms with E-state index in [1.807, 2.05) is 0 Å². The molecule has 6 heteroatoms. The van der Waals surface area contributed by atoms with E-state index in [2.05, 4.69) is 4.98 Å². The monoisotopic (exact) mass is 295 g/mol. The molecule has 3 nitrogen and oxygen atoms in total. The average Bonchev–Trinajstić information content (AvgIpc) is 2.74. The third kappa shape index (κ3) is 2.91. The third-order valence-corrected chi connectivity index (χ3v) is 3.73. The summed E-state index contributed by atoms with van der Waals surface area (Å²) in [6, 6.07) is 3.51. The fourth-order valence-corrected chi connectivity index (χ4v) is 2.70. The number of carbonyl (C=O) groups is 1. The number of carboxylic acid groups (broad SMARTS) is 1. The molecule has 0 aliphatic rings. The van der Waals surface area contributed by atoms with Crippen molar-refractivity contribution in [2.45, 2.75) is 13.8 Å². The highest BCUT2D eigenvalue weighted by Gasteiger charge is 2.15. The summed E-state index contributed by atoms with van der Waals surface area (Å²) in [5.41, 5.74) is 1.39. The fraction of sp³-hybridized carbons (Fsp3) is 0.143. The molecule has 0 saturated carbocycles. The largest absolute Gasteiger partial charge is 0.478 e. The number of nitrogens with zero attached hydrogens (tertiary/aromatic N) is 1. The van der Waals surface area contributed by atoms with Crippen LogP contribution in [0.4, 0.5) is 8.78 Å². The van der Waals surface area contributed by atoms with Crippen molar-refractivity contribution in [2.24, 2.45) is 0 Å². The van der Waals surface area contributed by atoms with Crippen LogP contribution >= 0.6 is 11.3 Å². The van der Waals surface area contributed by atoms with Crippen molar-refractivity contribution in [3.8, 4) is 11.3 Å². The van der Waals surface area contributed by atoms with Gasteiger partial charge in [-0.15, -0.1) is 11.3 Å². The molecule has 104 valence electrons. The van der Waals surface area contributed by atoms with Crippen LogP contribution in [-0.4, -0.2) is 16.1 Å². The lowest BCUT2D eigenvalue weighted by atomic mass is 10.1. The van der Waals surface area contributed by atoms with Crippen molar-refractivity contribution in [3.05, 3.63) is 45.8 Å². The summed E-state index contributed by atoms with van der Waals surface area (Å²) in [5, 5.41) is 9.51. The molecule has 1 aromatic carbocycles. The Balaban J connectivity index is 2.57. The Morgan fingerprint density at radius 3 is 2.65 bits per heavy atom. The van der Waals surface area contributed by atoms with Crippen molar-refractivity contribution in [1.29, 1.82) is 0 Å². The molecule has 1 N–H and O–H groups in total. The highest BCUT2D eigenvalue weighted by molar-refractivity contribution is 7.13. The second-order valence-corrected chi connectivity index (χ2v) is 5.41. The minimum Gasteiger partial charge on any atom is -0.478 e. The van der Waals surface area contributed by atoms with E-state index < -0.39 is 17.6 Å². The molecular weight excluding hydrogens is 284 g/mol. The van der Waals surface area contributed by atoms with Gasteiger partial charge in [0.05, 0.1) is 15.6 Å². The molecule has 0 aliphatic carbocycles. The molecule has 2 rings (SSSR count). The number of allylic oxidation sites excluding steroid dienone is 1. The number of halogens is 2. The molecule has 0 fully saturated rings. The van der Waals surface area contributed by atoms with Crippen LogP contribution < -0.4 is 0 Å². The highest BCUT2D eigenvalue weighted by Crippen LogP contribution is 2.33. The van der Waals surface area contributed by atoms with Gasteiger partial charge in [-0.1, -0.05) is 0 Å². The summed E-state index contributed by atoms with van der Waals surface area (Å²) < 4.78 is 26.3. The number of aliphatic carboxylic acids is 1. The molecule has 20 heavy (non-hydrogen) atoms. The SMILES string of the molecule is C/C(=C\C(=O)O)c1sc(C)nc1-c1ccc(F)c(F)c1. The predicted molar refractivity (Wildman–Crippen MR) is 73.5 cm³/mol. The van der Waals surface area contributed by atoms with Crippen LogP contribution in [0.25, 0.3) is 16.8 Å². The van der Waals surface area contributed by atoms with Gasteiger partial charge in [-0.2, -0.15) is 0 Å². The third-order valence-electron chi connectivity index (χ3n) is 2.63. The van der Waals surface area contributed by atoms with E-state index in [1.54, 1.807) is 13.8 Å². The van der Waals surface area contributed by atoms with Crippen molar-refractivity contribution in [2.75, 3.05) is 0 Å². The Labute approximate surface area is 118 Å². The van der Waals surface area contributed by atoms with Crippen LogP contribution in [0.2, 0.25) is 0 Å². The molecule has 0 saturated heterocycles. The molecule has 0 amide bonds. The second-order valence-electron chi connectivity index (χ2n) is 4.21. The summed E-state index contributed by atoms with van der Waals surface area (Å²) in [7, 11) is 0. The first-order valence-electron chi connectivity index (χ1n) is 5.73. The summed E-state index contributed by atoms with van der Waals surface area (Å²) in [5.74, 6) is -2.95. The number of aromatic nitrogens is 1. The van der Waals surface area contributed by atoms with Crippen LogP contribution in [0.1, 0.15) is 16.8 Å². The smallest absolute Gasteiger partial charge is 0.328 e. The van der Waals surface area contributed by atoms with E-state index in [-0.39, 0.29) is 0 Å². The standard InChI is InChI=1S/C14H11F2NO2S/c1-7(5-12(18)19)14-13(17-8(2)20-14)9-3-4-10(15)11(16)6-9/h3-6H,1-2H3,(H,18,19)/b7-5+. The van der Waals surface area contributed by atoms with E-state index >= 15 is 0 Å². The number of thiazole rings is 1. The molecule has 0 atom stereocenters. The van der Waals surface area contributed by atoms with Crippen LogP contribution in [0, 0.1) is 18.6 Å². The van der Waals surface area contributed by atoms with Gasteiger partial charge in [0.15, 0.2) is 11.6 Å². The van der Waals surface area contributed by atoms with Gasteiger partial charge in [0.2, 0.25) is 0 Å². The van der Waals surface area contributed by atoms with Crippen molar-refractivity contribution in [3.63, 3.8) is 0 Å². The fourth-order valence-electron chi connectivity index (χ4n) is 1.78. The van der Waals surface area contributed by atoms with E-state index in [9.17, 15) is 13.6 Å². The number of aryl methyl sites for hydroxylation is 1. The molecule has 0 radical (unpaired) electrons. The van der Waals surface area contributed by atoms with Gasteiger partial charge in [0.25, 0.3) is 0 Å². The Morgan fingerprint density at radius 1 is 1.35 bits per heavy atom. The number of hydrogen-bond acceptors (Lipinski definition) is 3. The molecular formula is C14H11F2NO2S. The van der Waals surface area contributed by atoms with Crippen molar-refractivity contribution in [1.82, 2.24) is 4.98 Å². The molecule has 0 spiro atoms. The summed E-state index contributed by atoms with van der Waals surface area (Å²) >= 11 is 1.31. The van der Waals surface area contributed by atoms with E-state index in [1.165, 1.54) is 17.4 Å². The summed E-state index contributed by atoms with van der Waals surface area (Å²) in [6.07, 6.45) is 1.07. The van der Waals surface area contributed by atoms with Gasteiger partial charge in [0.1, 0.15) is 0 Å². The van der Waals surface area contributed by atoms with Gasteiger partial charge in [0, 0.05) is 11.6 Å². The zero-order chi connectivity index (χ0) is 14.9. The van der Waals surface area contributed by atoms with Gasteiger partial charge in [-0.05, 0) is 37.6 Å². The predicted octanol–water partition coefficient (Wildman–Crippen LogP) is 3.88. The van der Waals surface area contributed by atoms with E-state index in [4.69, 9.17) is 5.11 Å². The minimum atomic E-state index is -1.07. The first kappa shape index (κ1) is 14.3. The Hall–Kier alpha value is -2.08. The van der Waals surface area contributed by atoms with Crippen molar-refractivity contribution < 1.29 is 18.7 Å². The molecule has 2 aromatic rings. The van der Waals surface area contributed by atoms with Gasteiger partial charge in [-0.3, -0.25) is 0 Å². The maximum Gasteiger partial charge on any atom is 0.328 e. The van der Waals surface area contributed by atoms with Gasteiger partial charge < -0.3 is 5.11 Å². The van der Waals surface area contributed by atoms with E-state index in [0.29, 0.717) is 21.7 Å².